The normalized spacial score (nSPS) is 13.9. The van der Waals surface area contributed by atoms with Gasteiger partial charge in [-0.25, -0.2) is 0 Å². The predicted molar refractivity (Wildman–Crippen MR) is 186 cm³/mol. The maximum Gasteiger partial charge on any atom is 0.0622 e. The van der Waals surface area contributed by atoms with Gasteiger partial charge in [0.1, 0.15) is 0 Å². The minimum atomic E-state index is -0.0619. The van der Waals surface area contributed by atoms with Gasteiger partial charge in [-0.2, -0.15) is 0 Å². The molecule has 2 aliphatic rings. The van der Waals surface area contributed by atoms with Crippen molar-refractivity contribution in [3.63, 3.8) is 0 Å². The Morgan fingerprint density at radius 2 is 1.02 bits per heavy atom. The average molecular weight is 560 g/mol. The highest BCUT2D eigenvalue weighted by Gasteiger charge is 2.37. The minimum absolute atomic E-state index is 0.0619. The van der Waals surface area contributed by atoms with Crippen LogP contribution in [-0.4, -0.2) is 4.57 Å². The molecule has 1 aromatic heterocycles. The number of benzene rings is 7. The van der Waals surface area contributed by atoms with Crippen molar-refractivity contribution in [1.82, 2.24) is 4.57 Å². The molecule has 1 heteroatoms. The summed E-state index contributed by atoms with van der Waals surface area (Å²) in [5.74, 6) is 0. The van der Waals surface area contributed by atoms with Crippen molar-refractivity contribution in [2.24, 2.45) is 0 Å². The summed E-state index contributed by atoms with van der Waals surface area (Å²) in [6, 6.07) is 52.0. The third-order valence-electron chi connectivity index (χ3n) is 10.4. The van der Waals surface area contributed by atoms with Crippen LogP contribution >= 0.6 is 0 Å². The second-order valence-corrected chi connectivity index (χ2v) is 12.9. The molecule has 0 spiro atoms. The first-order chi connectivity index (χ1) is 21.6. The fourth-order valence-corrected chi connectivity index (χ4v) is 8.43. The van der Waals surface area contributed by atoms with E-state index in [9.17, 15) is 0 Å². The van der Waals surface area contributed by atoms with Crippen LogP contribution in [0.1, 0.15) is 25.0 Å². The van der Waals surface area contributed by atoms with E-state index in [2.05, 4.69) is 158 Å². The van der Waals surface area contributed by atoms with Crippen LogP contribution in [0.15, 0.2) is 140 Å². The monoisotopic (exact) mass is 559 g/mol. The van der Waals surface area contributed by atoms with Gasteiger partial charge in [-0.1, -0.05) is 141 Å². The molecule has 1 nitrogen and oxygen atoms in total. The van der Waals surface area contributed by atoms with Crippen molar-refractivity contribution in [1.29, 1.82) is 0 Å². The molecule has 0 atom stereocenters. The van der Waals surface area contributed by atoms with E-state index in [0.717, 1.165) is 0 Å². The van der Waals surface area contributed by atoms with E-state index in [1.807, 2.05) is 0 Å². The molecule has 0 fully saturated rings. The summed E-state index contributed by atoms with van der Waals surface area (Å²) < 4.78 is 2.55. The Hall–Kier alpha value is -5.40. The van der Waals surface area contributed by atoms with Crippen molar-refractivity contribution in [3.05, 3.63) is 151 Å². The van der Waals surface area contributed by atoms with E-state index < -0.39 is 0 Å². The third kappa shape index (κ3) is 2.89. The molecule has 10 rings (SSSR count). The first-order valence-corrected chi connectivity index (χ1v) is 15.5. The first-order valence-electron chi connectivity index (χ1n) is 15.5. The highest BCUT2D eigenvalue weighted by atomic mass is 15.0. The number of rotatable bonds is 2. The number of nitrogens with zero attached hydrogens (tertiary/aromatic N) is 1. The van der Waals surface area contributed by atoms with E-state index in [0.29, 0.717) is 0 Å². The van der Waals surface area contributed by atoms with Gasteiger partial charge in [0.05, 0.1) is 16.7 Å². The molecule has 0 amide bonds. The van der Waals surface area contributed by atoms with Gasteiger partial charge in [-0.15, -0.1) is 0 Å². The standard InChI is InChI=1S/C43H29N/c1-43(2)36-19-8-5-16-35(36)41-37(43)25-24-34-30-15-7-10-21-39(30)44(42(34)41)38-20-9-6-14-29(38)28-22-23-33-27-13-4-3-12-26(27)31-17-11-18-32(28)40(31)33/h3-25H,1-2H3. The average Bonchev–Trinajstić information content (AvgIpc) is 3.66. The fraction of sp³-hybridized carbons (Fsp3) is 0.0698. The molecule has 1 heterocycles. The van der Waals surface area contributed by atoms with E-state index in [1.54, 1.807) is 0 Å². The number of hydrogen-bond donors (Lipinski definition) is 0. The lowest BCUT2D eigenvalue weighted by Crippen LogP contribution is -2.14. The van der Waals surface area contributed by atoms with Gasteiger partial charge in [0.25, 0.3) is 0 Å². The number of para-hydroxylation sites is 2. The summed E-state index contributed by atoms with van der Waals surface area (Å²) in [4.78, 5) is 0. The zero-order valence-corrected chi connectivity index (χ0v) is 24.7. The van der Waals surface area contributed by atoms with Crippen LogP contribution < -0.4 is 0 Å². The maximum absolute atomic E-state index is 2.55. The molecule has 0 radical (unpaired) electrons. The first kappa shape index (κ1) is 24.1. The van der Waals surface area contributed by atoms with Gasteiger partial charge in [0.2, 0.25) is 0 Å². The van der Waals surface area contributed by atoms with E-state index in [-0.39, 0.29) is 5.41 Å². The van der Waals surface area contributed by atoms with Crippen molar-refractivity contribution < 1.29 is 0 Å². The summed E-state index contributed by atoms with van der Waals surface area (Å²) in [6.45, 7) is 4.74. The van der Waals surface area contributed by atoms with Crippen LogP contribution in [0.2, 0.25) is 0 Å². The SMILES string of the molecule is CC1(C)c2ccccc2-c2c1ccc1c3ccccc3n(-c3ccccc3-c3ccc4c5c(cccc35)-c3ccccc3-4)c21. The molecule has 44 heavy (non-hydrogen) atoms. The molecule has 0 N–H and O–H groups in total. The molecular formula is C43H29N. The Morgan fingerprint density at radius 3 is 1.86 bits per heavy atom. The van der Waals surface area contributed by atoms with Crippen LogP contribution in [-0.2, 0) is 5.41 Å². The van der Waals surface area contributed by atoms with Gasteiger partial charge in [-0.3, -0.25) is 0 Å². The quantitative estimate of drug-likeness (QED) is 0.198. The Bertz CT molecular complexity index is 2490. The molecule has 7 aromatic carbocycles. The molecule has 0 aliphatic heterocycles. The molecule has 8 aromatic rings. The molecule has 2 aliphatic carbocycles. The molecule has 206 valence electrons. The highest BCUT2D eigenvalue weighted by molar-refractivity contribution is 6.20. The Morgan fingerprint density at radius 1 is 0.409 bits per heavy atom. The van der Waals surface area contributed by atoms with Crippen LogP contribution in [0, 0.1) is 0 Å². The summed E-state index contributed by atoms with van der Waals surface area (Å²) in [5.41, 5.74) is 17.1. The molecule has 0 bridgehead atoms. The lowest BCUT2D eigenvalue weighted by Gasteiger charge is -2.21. The maximum atomic E-state index is 2.55. The summed E-state index contributed by atoms with van der Waals surface area (Å²) in [5, 5.41) is 5.26. The third-order valence-corrected chi connectivity index (χ3v) is 10.4. The Balaban J connectivity index is 1.33. The molecular weight excluding hydrogens is 530 g/mol. The summed E-state index contributed by atoms with van der Waals surface area (Å²) >= 11 is 0. The van der Waals surface area contributed by atoms with E-state index >= 15 is 0 Å². The largest absolute Gasteiger partial charge is 0.308 e. The number of fused-ring (bicyclic) bond motifs is 10. The topological polar surface area (TPSA) is 4.93 Å². The van der Waals surface area contributed by atoms with Gasteiger partial charge in [0.15, 0.2) is 0 Å². The number of aromatic nitrogens is 1. The molecule has 0 saturated carbocycles. The second-order valence-electron chi connectivity index (χ2n) is 12.9. The fourth-order valence-electron chi connectivity index (χ4n) is 8.43. The number of hydrogen-bond acceptors (Lipinski definition) is 0. The van der Waals surface area contributed by atoms with Crippen molar-refractivity contribution in [3.8, 4) is 50.2 Å². The zero-order chi connectivity index (χ0) is 29.2. The van der Waals surface area contributed by atoms with Crippen LogP contribution in [0.4, 0.5) is 0 Å². The summed E-state index contributed by atoms with van der Waals surface area (Å²) in [6.07, 6.45) is 0. The predicted octanol–water partition coefficient (Wildman–Crippen LogP) is 11.6. The lowest BCUT2D eigenvalue weighted by atomic mass is 9.82. The Labute approximate surface area is 256 Å². The van der Waals surface area contributed by atoms with Crippen molar-refractivity contribution in [2.75, 3.05) is 0 Å². The van der Waals surface area contributed by atoms with Crippen molar-refractivity contribution >= 4 is 32.6 Å². The van der Waals surface area contributed by atoms with E-state index in [4.69, 9.17) is 0 Å². The van der Waals surface area contributed by atoms with Crippen LogP contribution in [0.25, 0.3) is 82.8 Å². The van der Waals surface area contributed by atoms with Gasteiger partial charge >= 0.3 is 0 Å². The smallest absolute Gasteiger partial charge is 0.0622 e. The molecule has 0 saturated heterocycles. The summed E-state index contributed by atoms with van der Waals surface area (Å²) in [7, 11) is 0. The van der Waals surface area contributed by atoms with Gasteiger partial charge in [0, 0.05) is 27.3 Å². The Kier molecular flexibility index (Phi) is 4.58. The second kappa shape index (κ2) is 8.36. The van der Waals surface area contributed by atoms with Gasteiger partial charge in [-0.05, 0) is 67.4 Å². The van der Waals surface area contributed by atoms with Crippen molar-refractivity contribution in [2.45, 2.75) is 19.3 Å². The zero-order valence-electron chi connectivity index (χ0n) is 24.7. The van der Waals surface area contributed by atoms with E-state index in [1.165, 1.54) is 93.9 Å². The lowest BCUT2D eigenvalue weighted by molar-refractivity contribution is 0.661. The highest BCUT2D eigenvalue weighted by Crippen LogP contribution is 2.54. The molecule has 0 unspecified atom stereocenters. The minimum Gasteiger partial charge on any atom is -0.308 e. The van der Waals surface area contributed by atoms with Crippen LogP contribution in [0.5, 0.6) is 0 Å². The van der Waals surface area contributed by atoms with Crippen LogP contribution in [0.3, 0.4) is 0 Å². The van der Waals surface area contributed by atoms with Gasteiger partial charge < -0.3 is 4.57 Å².